The monoisotopic (exact) mass is 322 g/mol. The third kappa shape index (κ3) is 2.69. The second-order valence-electron chi connectivity index (χ2n) is 4.71. The molecule has 1 fully saturated rings. The second-order valence-corrected chi connectivity index (χ2v) is 6.97. The molecule has 0 radical (unpaired) electrons. The van der Waals surface area contributed by atoms with Crippen LogP contribution in [0.15, 0.2) is 33.9 Å². The Bertz CT molecular complexity index is 552. The van der Waals surface area contributed by atoms with Crippen LogP contribution in [-0.4, -0.2) is 15.2 Å². The predicted octanol–water partition coefficient (Wildman–Crippen LogP) is 4.82. The van der Waals surface area contributed by atoms with Gasteiger partial charge in [-0.2, -0.15) is 0 Å². The van der Waals surface area contributed by atoms with Crippen molar-refractivity contribution in [3.8, 4) is 0 Å². The first-order chi connectivity index (χ1) is 8.83. The topological polar surface area (TPSA) is 25.8 Å². The molecule has 0 saturated heterocycles. The third-order valence-corrected chi connectivity index (χ3v) is 5.17. The zero-order valence-electron chi connectivity index (χ0n) is 10.1. The second kappa shape index (κ2) is 5.57. The van der Waals surface area contributed by atoms with Crippen LogP contribution >= 0.6 is 27.7 Å². The molecule has 2 aromatic rings. The van der Waals surface area contributed by atoms with Crippen LogP contribution in [0.4, 0.5) is 0 Å². The highest BCUT2D eigenvalue weighted by molar-refractivity contribution is 9.10. The van der Waals surface area contributed by atoms with Crippen LogP contribution in [0.2, 0.25) is 0 Å². The molecule has 0 spiro atoms. The van der Waals surface area contributed by atoms with Gasteiger partial charge >= 0.3 is 0 Å². The number of hydrogen-bond acceptors (Lipinski definition) is 3. The van der Waals surface area contributed by atoms with Crippen LogP contribution in [0.3, 0.4) is 0 Å². The van der Waals surface area contributed by atoms with Gasteiger partial charge in [0.15, 0.2) is 0 Å². The molecule has 1 saturated carbocycles. The maximum atomic E-state index is 4.52. The van der Waals surface area contributed by atoms with Crippen molar-refractivity contribution in [2.45, 2.75) is 42.2 Å². The minimum Gasteiger partial charge on any atom is -0.254 e. The molecule has 1 aliphatic carbocycles. The fraction of sp³-hybridized carbons (Fsp3) is 0.429. The van der Waals surface area contributed by atoms with Gasteiger partial charge in [0.25, 0.3) is 0 Å². The van der Waals surface area contributed by atoms with Crippen molar-refractivity contribution in [2.24, 2.45) is 0 Å². The van der Waals surface area contributed by atoms with Crippen molar-refractivity contribution in [1.82, 2.24) is 9.97 Å². The Morgan fingerprint density at radius 2 is 2.00 bits per heavy atom. The first kappa shape index (κ1) is 12.4. The molecule has 3 rings (SSSR count). The Balaban J connectivity index is 1.91. The van der Waals surface area contributed by atoms with Gasteiger partial charge in [0.2, 0.25) is 0 Å². The zero-order valence-corrected chi connectivity index (χ0v) is 12.5. The standard InChI is InChI=1S/C14H15BrN2S/c15-10-8-12-14(17-9-10)13(6-7-16-12)18-11-4-2-1-3-5-11/h6-9,11H,1-5H2. The summed E-state index contributed by atoms with van der Waals surface area (Å²) in [4.78, 5) is 10.2. The molecule has 2 nitrogen and oxygen atoms in total. The molecule has 4 heteroatoms. The van der Waals surface area contributed by atoms with E-state index < -0.39 is 0 Å². The molecule has 0 bridgehead atoms. The lowest BCUT2D eigenvalue weighted by molar-refractivity contribution is 0.516. The number of halogens is 1. The Morgan fingerprint density at radius 3 is 2.83 bits per heavy atom. The number of hydrogen-bond donors (Lipinski definition) is 0. The van der Waals surface area contributed by atoms with E-state index in [4.69, 9.17) is 0 Å². The van der Waals surface area contributed by atoms with Crippen molar-refractivity contribution in [1.29, 1.82) is 0 Å². The third-order valence-electron chi connectivity index (χ3n) is 3.35. The van der Waals surface area contributed by atoms with Crippen molar-refractivity contribution >= 4 is 38.7 Å². The molecular weight excluding hydrogens is 308 g/mol. The Hall–Kier alpha value is -0.610. The van der Waals surface area contributed by atoms with Crippen LogP contribution < -0.4 is 0 Å². The van der Waals surface area contributed by atoms with Gasteiger partial charge in [-0.3, -0.25) is 9.97 Å². The Morgan fingerprint density at radius 1 is 1.17 bits per heavy atom. The van der Waals surface area contributed by atoms with Crippen LogP contribution in [0, 0.1) is 0 Å². The lowest BCUT2D eigenvalue weighted by atomic mass is 10.0. The number of rotatable bonds is 2. The van der Waals surface area contributed by atoms with Gasteiger partial charge in [-0.1, -0.05) is 19.3 Å². The normalized spacial score (nSPS) is 17.2. The number of nitrogens with zero attached hydrogens (tertiary/aromatic N) is 2. The van der Waals surface area contributed by atoms with Gasteiger partial charge < -0.3 is 0 Å². The van der Waals surface area contributed by atoms with E-state index >= 15 is 0 Å². The molecule has 2 heterocycles. The summed E-state index contributed by atoms with van der Waals surface area (Å²) in [6, 6.07) is 4.13. The molecule has 94 valence electrons. The Labute approximate surface area is 120 Å². The number of fused-ring (bicyclic) bond motifs is 1. The average molecular weight is 323 g/mol. The van der Waals surface area contributed by atoms with Gasteiger partial charge in [0.05, 0.1) is 5.52 Å². The molecule has 1 aliphatic rings. The molecule has 18 heavy (non-hydrogen) atoms. The highest BCUT2D eigenvalue weighted by atomic mass is 79.9. The predicted molar refractivity (Wildman–Crippen MR) is 80.0 cm³/mol. The van der Waals surface area contributed by atoms with E-state index in [1.807, 2.05) is 30.2 Å². The first-order valence-corrected chi connectivity index (χ1v) is 8.07. The molecule has 0 aromatic carbocycles. The largest absolute Gasteiger partial charge is 0.254 e. The molecule has 0 N–H and O–H groups in total. The summed E-state index contributed by atoms with van der Waals surface area (Å²) in [5.41, 5.74) is 2.02. The number of thioether (sulfide) groups is 1. The number of aromatic nitrogens is 2. The van der Waals surface area contributed by atoms with E-state index in [-0.39, 0.29) is 0 Å². The summed E-state index contributed by atoms with van der Waals surface area (Å²) < 4.78 is 0.988. The lowest BCUT2D eigenvalue weighted by Gasteiger charge is -2.21. The quantitative estimate of drug-likeness (QED) is 0.792. The van der Waals surface area contributed by atoms with E-state index in [0.29, 0.717) is 0 Å². The van der Waals surface area contributed by atoms with Gasteiger partial charge in [0, 0.05) is 27.0 Å². The molecule has 0 aliphatic heterocycles. The highest BCUT2D eigenvalue weighted by Crippen LogP contribution is 2.36. The molecule has 0 unspecified atom stereocenters. The average Bonchev–Trinajstić information content (AvgIpc) is 2.40. The highest BCUT2D eigenvalue weighted by Gasteiger charge is 2.16. The minimum atomic E-state index is 0.759. The van der Waals surface area contributed by atoms with E-state index in [1.54, 1.807) is 0 Å². The van der Waals surface area contributed by atoms with Crippen LogP contribution in [-0.2, 0) is 0 Å². The van der Waals surface area contributed by atoms with Crippen LogP contribution in [0.5, 0.6) is 0 Å². The van der Waals surface area contributed by atoms with E-state index in [0.717, 1.165) is 20.8 Å². The minimum absolute atomic E-state index is 0.759. The summed E-state index contributed by atoms with van der Waals surface area (Å²) in [7, 11) is 0. The fourth-order valence-electron chi connectivity index (χ4n) is 2.44. The van der Waals surface area contributed by atoms with Crippen LogP contribution in [0.25, 0.3) is 11.0 Å². The SMILES string of the molecule is Brc1cnc2c(SC3CCCCC3)ccnc2c1. The number of pyridine rings is 2. The molecule has 0 atom stereocenters. The van der Waals surface area contributed by atoms with Crippen molar-refractivity contribution < 1.29 is 0 Å². The fourth-order valence-corrected chi connectivity index (χ4v) is 4.09. The van der Waals surface area contributed by atoms with E-state index in [9.17, 15) is 0 Å². The van der Waals surface area contributed by atoms with Gasteiger partial charge in [-0.05, 0) is 40.9 Å². The van der Waals surface area contributed by atoms with Crippen molar-refractivity contribution in [3.05, 3.63) is 29.0 Å². The van der Waals surface area contributed by atoms with Crippen molar-refractivity contribution in [2.75, 3.05) is 0 Å². The summed E-state index contributed by atoms with van der Waals surface area (Å²) in [5.74, 6) is 0. The smallest absolute Gasteiger partial charge is 0.102 e. The summed E-state index contributed by atoms with van der Waals surface area (Å²) >= 11 is 5.43. The lowest BCUT2D eigenvalue weighted by Crippen LogP contribution is -2.07. The summed E-state index contributed by atoms with van der Waals surface area (Å²) in [6.45, 7) is 0. The maximum absolute atomic E-state index is 4.52. The van der Waals surface area contributed by atoms with Crippen LogP contribution in [0.1, 0.15) is 32.1 Å². The molecule has 0 amide bonds. The summed E-state index contributed by atoms with van der Waals surface area (Å²) in [6.07, 6.45) is 10.6. The van der Waals surface area contributed by atoms with E-state index in [2.05, 4.69) is 32.0 Å². The molecule has 2 aromatic heterocycles. The van der Waals surface area contributed by atoms with Crippen molar-refractivity contribution in [3.63, 3.8) is 0 Å². The first-order valence-electron chi connectivity index (χ1n) is 6.40. The maximum Gasteiger partial charge on any atom is 0.102 e. The zero-order chi connectivity index (χ0) is 12.4. The Kier molecular flexibility index (Phi) is 3.85. The van der Waals surface area contributed by atoms with Gasteiger partial charge in [-0.25, -0.2) is 0 Å². The summed E-state index contributed by atoms with van der Waals surface area (Å²) in [5, 5.41) is 0.759. The van der Waals surface area contributed by atoms with Gasteiger partial charge in [-0.15, -0.1) is 11.8 Å². The molecular formula is C14H15BrN2S. The van der Waals surface area contributed by atoms with Gasteiger partial charge in [0.1, 0.15) is 5.52 Å². The van der Waals surface area contributed by atoms with E-state index in [1.165, 1.54) is 37.0 Å².